The summed E-state index contributed by atoms with van der Waals surface area (Å²) in [6.45, 7) is 3.53. The van der Waals surface area contributed by atoms with Crippen molar-refractivity contribution >= 4 is 11.7 Å². The van der Waals surface area contributed by atoms with Crippen LogP contribution in [0.2, 0.25) is 0 Å². The van der Waals surface area contributed by atoms with Crippen LogP contribution in [0.5, 0.6) is 11.5 Å². The Kier molecular flexibility index (Phi) is 6.17. The van der Waals surface area contributed by atoms with Gasteiger partial charge in [0.15, 0.2) is 12.4 Å². The maximum absolute atomic E-state index is 12.5. The molecule has 25 heavy (non-hydrogen) atoms. The maximum atomic E-state index is 12.5. The smallest absolute Gasteiger partial charge is 0.260 e. The van der Waals surface area contributed by atoms with Gasteiger partial charge in [-0.3, -0.25) is 9.59 Å². The van der Waals surface area contributed by atoms with Gasteiger partial charge in [-0.1, -0.05) is 35.9 Å². The van der Waals surface area contributed by atoms with Crippen LogP contribution in [-0.2, 0) is 4.79 Å². The van der Waals surface area contributed by atoms with Gasteiger partial charge in [0.25, 0.3) is 5.91 Å². The summed E-state index contributed by atoms with van der Waals surface area (Å²) in [4.78, 5) is 26.2. The lowest BCUT2D eigenvalue weighted by Gasteiger charge is -2.24. The number of carbonyl (C=O) groups excluding carboxylic acids is 2. The molecule has 1 unspecified atom stereocenters. The van der Waals surface area contributed by atoms with E-state index in [0.29, 0.717) is 17.1 Å². The first-order chi connectivity index (χ1) is 11.9. The van der Waals surface area contributed by atoms with Crippen molar-refractivity contribution in [2.24, 2.45) is 0 Å². The number of hydrogen-bond acceptors (Lipinski definition) is 4. The molecule has 0 bridgehead atoms. The van der Waals surface area contributed by atoms with Crippen LogP contribution in [-0.4, -0.2) is 43.4 Å². The van der Waals surface area contributed by atoms with E-state index in [1.54, 1.807) is 57.5 Å². The minimum atomic E-state index is -0.566. The summed E-state index contributed by atoms with van der Waals surface area (Å²) in [6, 6.07) is 13.8. The number of nitrogens with zero attached hydrogens (tertiary/aromatic N) is 1. The van der Waals surface area contributed by atoms with Crippen LogP contribution in [0.3, 0.4) is 0 Å². The molecule has 0 N–H and O–H groups in total. The Morgan fingerprint density at radius 2 is 1.72 bits per heavy atom. The third-order valence-corrected chi connectivity index (χ3v) is 4.09. The first-order valence-corrected chi connectivity index (χ1v) is 8.05. The molecular formula is C20H23NO4. The van der Waals surface area contributed by atoms with E-state index in [-0.39, 0.29) is 18.3 Å². The highest BCUT2D eigenvalue weighted by molar-refractivity contribution is 6.01. The third kappa shape index (κ3) is 4.83. The molecule has 0 heterocycles. The van der Waals surface area contributed by atoms with Crippen LogP contribution in [0.4, 0.5) is 0 Å². The highest BCUT2D eigenvalue weighted by atomic mass is 16.5. The molecule has 0 aliphatic rings. The van der Waals surface area contributed by atoms with Gasteiger partial charge in [0.05, 0.1) is 13.2 Å². The Balaban J connectivity index is 1.96. The molecule has 1 atom stereocenters. The molecule has 5 heteroatoms. The molecular weight excluding hydrogens is 318 g/mol. The molecule has 2 aromatic rings. The van der Waals surface area contributed by atoms with E-state index < -0.39 is 6.04 Å². The SMILES string of the molecule is COc1cccc(OCC(=O)N(C)C(C)C(=O)c2ccc(C)cc2)c1. The van der Waals surface area contributed by atoms with Crippen LogP contribution in [0.1, 0.15) is 22.8 Å². The molecule has 1 amide bonds. The molecule has 0 saturated heterocycles. The molecule has 2 rings (SSSR count). The second-order valence-electron chi connectivity index (χ2n) is 5.88. The number of Topliss-reactive ketones (excluding diaryl/α,β-unsaturated/α-hetero) is 1. The molecule has 0 aliphatic heterocycles. The fraction of sp³-hybridized carbons (Fsp3) is 0.300. The molecule has 5 nitrogen and oxygen atoms in total. The monoisotopic (exact) mass is 341 g/mol. The average molecular weight is 341 g/mol. The molecule has 2 aromatic carbocycles. The fourth-order valence-corrected chi connectivity index (χ4v) is 2.29. The van der Waals surface area contributed by atoms with Crippen LogP contribution >= 0.6 is 0 Å². The van der Waals surface area contributed by atoms with Gasteiger partial charge in [0.2, 0.25) is 0 Å². The van der Waals surface area contributed by atoms with E-state index in [9.17, 15) is 9.59 Å². The number of likely N-dealkylation sites (N-methyl/N-ethyl adjacent to an activating group) is 1. The van der Waals surface area contributed by atoms with Crippen molar-refractivity contribution in [2.45, 2.75) is 19.9 Å². The van der Waals surface area contributed by atoms with Crippen LogP contribution in [0.25, 0.3) is 0 Å². The van der Waals surface area contributed by atoms with Crippen molar-refractivity contribution < 1.29 is 19.1 Å². The lowest BCUT2D eigenvalue weighted by Crippen LogP contribution is -2.42. The zero-order chi connectivity index (χ0) is 18.4. The van der Waals surface area contributed by atoms with E-state index in [1.807, 2.05) is 19.1 Å². The van der Waals surface area contributed by atoms with Crippen LogP contribution in [0, 0.1) is 6.92 Å². The van der Waals surface area contributed by atoms with Gasteiger partial charge >= 0.3 is 0 Å². The van der Waals surface area contributed by atoms with Gasteiger partial charge < -0.3 is 14.4 Å². The molecule has 0 radical (unpaired) electrons. The molecule has 0 spiro atoms. The van der Waals surface area contributed by atoms with E-state index in [0.717, 1.165) is 5.56 Å². The zero-order valence-electron chi connectivity index (χ0n) is 15.0. The molecule has 0 saturated carbocycles. The number of benzene rings is 2. The number of aryl methyl sites for hydroxylation is 1. The Morgan fingerprint density at radius 3 is 2.36 bits per heavy atom. The fourth-order valence-electron chi connectivity index (χ4n) is 2.29. The van der Waals surface area contributed by atoms with Gasteiger partial charge in [-0.2, -0.15) is 0 Å². The predicted molar refractivity (Wildman–Crippen MR) is 96.2 cm³/mol. The second kappa shape index (κ2) is 8.33. The van der Waals surface area contributed by atoms with Gasteiger partial charge in [0, 0.05) is 18.7 Å². The second-order valence-corrected chi connectivity index (χ2v) is 5.88. The topological polar surface area (TPSA) is 55.8 Å². The quantitative estimate of drug-likeness (QED) is 0.726. The van der Waals surface area contributed by atoms with Crippen LogP contribution in [0.15, 0.2) is 48.5 Å². The van der Waals surface area contributed by atoms with Gasteiger partial charge in [-0.25, -0.2) is 0 Å². The highest BCUT2D eigenvalue weighted by Crippen LogP contribution is 2.19. The summed E-state index contributed by atoms with van der Waals surface area (Å²) in [5.41, 5.74) is 1.67. The first-order valence-electron chi connectivity index (χ1n) is 8.05. The lowest BCUT2D eigenvalue weighted by atomic mass is 10.0. The van der Waals surface area contributed by atoms with E-state index in [4.69, 9.17) is 9.47 Å². The largest absolute Gasteiger partial charge is 0.497 e. The summed E-state index contributed by atoms with van der Waals surface area (Å²) in [5.74, 6) is 0.827. The van der Waals surface area contributed by atoms with E-state index in [2.05, 4.69) is 0 Å². The highest BCUT2D eigenvalue weighted by Gasteiger charge is 2.23. The minimum Gasteiger partial charge on any atom is -0.497 e. The first kappa shape index (κ1) is 18.5. The Morgan fingerprint density at radius 1 is 1.08 bits per heavy atom. The number of hydrogen-bond donors (Lipinski definition) is 0. The maximum Gasteiger partial charge on any atom is 0.260 e. The van der Waals surface area contributed by atoms with Crippen molar-refractivity contribution in [1.82, 2.24) is 4.90 Å². The number of rotatable bonds is 7. The number of ether oxygens (including phenoxy) is 2. The third-order valence-electron chi connectivity index (χ3n) is 4.09. The summed E-state index contributed by atoms with van der Waals surface area (Å²) in [6.07, 6.45) is 0. The Bertz CT molecular complexity index is 740. The van der Waals surface area contributed by atoms with Crippen molar-refractivity contribution in [2.75, 3.05) is 20.8 Å². The van der Waals surface area contributed by atoms with Gasteiger partial charge in [0.1, 0.15) is 11.5 Å². The number of carbonyl (C=O) groups is 2. The van der Waals surface area contributed by atoms with Crippen molar-refractivity contribution in [1.29, 1.82) is 0 Å². The predicted octanol–water partition coefficient (Wildman–Crippen LogP) is 3.11. The molecule has 0 aromatic heterocycles. The van der Waals surface area contributed by atoms with Crippen molar-refractivity contribution in [3.8, 4) is 11.5 Å². The summed E-state index contributed by atoms with van der Waals surface area (Å²) in [7, 11) is 3.17. The Hall–Kier alpha value is -2.82. The van der Waals surface area contributed by atoms with Crippen molar-refractivity contribution in [3.63, 3.8) is 0 Å². The standard InChI is InChI=1S/C20H23NO4/c1-14-8-10-16(11-9-14)20(23)15(2)21(3)19(22)13-25-18-7-5-6-17(12-18)24-4/h5-12,15H,13H2,1-4H3. The number of amides is 1. The zero-order valence-corrected chi connectivity index (χ0v) is 15.0. The molecule has 0 fully saturated rings. The molecule has 0 aliphatic carbocycles. The van der Waals surface area contributed by atoms with Gasteiger partial charge in [-0.05, 0) is 26.0 Å². The van der Waals surface area contributed by atoms with E-state index >= 15 is 0 Å². The van der Waals surface area contributed by atoms with Crippen LogP contribution < -0.4 is 9.47 Å². The van der Waals surface area contributed by atoms with Crippen molar-refractivity contribution in [3.05, 3.63) is 59.7 Å². The summed E-state index contributed by atoms with van der Waals surface area (Å²) < 4.78 is 10.6. The molecule has 132 valence electrons. The normalized spacial score (nSPS) is 11.5. The lowest BCUT2D eigenvalue weighted by molar-refractivity contribution is -0.133. The minimum absolute atomic E-state index is 0.0998. The van der Waals surface area contributed by atoms with E-state index in [1.165, 1.54) is 4.90 Å². The average Bonchev–Trinajstić information content (AvgIpc) is 2.65. The van der Waals surface area contributed by atoms with Gasteiger partial charge in [-0.15, -0.1) is 0 Å². The summed E-state index contributed by atoms with van der Waals surface area (Å²) >= 11 is 0. The number of methoxy groups -OCH3 is 1. The summed E-state index contributed by atoms with van der Waals surface area (Å²) in [5, 5.41) is 0. The Labute approximate surface area is 148 Å². The number of ketones is 1.